The maximum atomic E-state index is 13.8. The minimum absolute atomic E-state index is 0.0406. The zero-order valence-corrected chi connectivity index (χ0v) is 26.0. The molecular weight excluding hydrogens is 590 g/mol. The van der Waals surface area contributed by atoms with Crippen molar-refractivity contribution < 1.29 is 28.7 Å². The Morgan fingerprint density at radius 3 is 2.24 bits per heavy atom. The number of carbonyl (C=O) groups excluding carboxylic acids is 4. The molecule has 4 aromatic rings. The molecule has 1 fully saturated rings. The first-order chi connectivity index (χ1) is 21.8. The summed E-state index contributed by atoms with van der Waals surface area (Å²) in [5, 5.41) is 5.31. The van der Waals surface area contributed by atoms with E-state index in [2.05, 4.69) is 29.6 Å². The molecule has 0 radical (unpaired) electrons. The molecule has 1 unspecified atom stereocenters. The summed E-state index contributed by atoms with van der Waals surface area (Å²) in [7, 11) is 0. The van der Waals surface area contributed by atoms with Gasteiger partial charge in [0.15, 0.2) is 0 Å². The maximum Gasteiger partial charge on any atom is 0.303 e. The molecule has 1 aliphatic heterocycles. The molecule has 0 aliphatic carbocycles. The lowest BCUT2D eigenvalue weighted by Gasteiger charge is -2.31. The number of nitrogens with zero attached hydrogens (tertiary/aromatic N) is 2. The number of rotatable bonds is 11. The molecule has 1 aliphatic rings. The summed E-state index contributed by atoms with van der Waals surface area (Å²) in [4.78, 5) is 57.8. The summed E-state index contributed by atoms with van der Waals surface area (Å²) in [5.74, 6) is -2.90. The third kappa shape index (κ3) is 8.02. The summed E-state index contributed by atoms with van der Waals surface area (Å²) < 4.78 is 10.7. The molecule has 3 atom stereocenters. The lowest BCUT2D eigenvalue weighted by molar-refractivity contribution is -0.178. The van der Waals surface area contributed by atoms with E-state index in [9.17, 15) is 19.2 Å². The Morgan fingerprint density at radius 2 is 1.53 bits per heavy atom. The lowest BCUT2D eigenvalue weighted by Crippen LogP contribution is -2.53. The van der Waals surface area contributed by atoms with Gasteiger partial charge in [-0.05, 0) is 35.1 Å². The first-order valence-electron chi connectivity index (χ1n) is 14.8. The Bertz CT molecular complexity index is 1640. The number of nitrogens with one attached hydrogen (secondary N) is 1. The van der Waals surface area contributed by atoms with Crippen LogP contribution in [0.2, 0.25) is 0 Å². The van der Waals surface area contributed by atoms with E-state index < -0.39 is 36.0 Å². The van der Waals surface area contributed by atoms with Crippen molar-refractivity contribution in [1.82, 2.24) is 15.2 Å². The van der Waals surface area contributed by atoms with Crippen LogP contribution in [0.25, 0.3) is 11.1 Å². The van der Waals surface area contributed by atoms with Crippen LogP contribution in [0.5, 0.6) is 0 Å². The number of amides is 2. The average Bonchev–Trinajstić information content (AvgIpc) is 3.72. The van der Waals surface area contributed by atoms with E-state index in [1.54, 1.807) is 4.90 Å². The second-order valence-corrected chi connectivity index (χ2v) is 11.8. The van der Waals surface area contributed by atoms with Crippen molar-refractivity contribution in [3.8, 4) is 11.1 Å². The molecule has 1 saturated heterocycles. The summed E-state index contributed by atoms with van der Waals surface area (Å²) in [5.41, 5.74) is 5.15. The van der Waals surface area contributed by atoms with E-state index in [1.165, 1.54) is 11.3 Å². The molecule has 5 rings (SSSR count). The fourth-order valence-corrected chi connectivity index (χ4v) is 6.34. The van der Waals surface area contributed by atoms with Crippen molar-refractivity contribution in [3.05, 3.63) is 112 Å². The number of ether oxygens (including phenoxy) is 2. The zero-order chi connectivity index (χ0) is 31.8. The number of hydrogen-bond donors (Lipinski definition) is 1. The molecule has 9 nitrogen and oxygen atoms in total. The largest absolute Gasteiger partial charge is 0.448 e. The number of benzene rings is 3. The zero-order valence-electron chi connectivity index (χ0n) is 25.2. The van der Waals surface area contributed by atoms with E-state index in [1.807, 2.05) is 66.0 Å². The standard InChI is InChI=1S/C35H35N3O6S/c1-23(39)43-32(33(44-24(2)40)35(42)38-19-11-18-30(38)26-14-7-4-8-15-26)34(41)36-21-31-37-28(22-45-31)20-27-16-9-10-17-29(27)25-12-5-3-6-13-25/h3-10,12-17,22,30,32-33H,11,18-21H2,1-2H3,(H,36,41)/t30?,32-,33-/m1/s1. The molecule has 3 aromatic carbocycles. The normalized spacial score (nSPS) is 15.6. The molecule has 1 aromatic heterocycles. The topological polar surface area (TPSA) is 115 Å². The molecule has 0 saturated carbocycles. The van der Waals surface area contributed by atoms with Gasteiger partial charge >= 0.3 is 11.9 Å². The van der Waals surface area contributed by atoms with Gasteiger partial charge in [0.25, 0.3) is 11.8 Å². The third-order valence-electron chi connectivity index (χ3n) is 7.57. The Labute approximate surface area is 266 Å². The van der Waals surface area contributed by atoms with Crippen LogP contribution < -0.4 is 5.32 Å². The SMILES string of the molecule is CC(=O)O[C@@H](C(=O)NCc1nc(Cc2ccccc2-c2ccccc2)cs1)[C@@H](OC(C)=O)C(=O)N1CCCC1c1ccccc1. The highest BCUT2D eigenvalue weighted by Crippen LogP contribution is 2.33. The number of hydrogen-bond acceptors (Lipinski definition) is 8. The van der Waals surface area contributed by atoms with Crippen LogP contribution in [-0.4, -0.2) is 52.4 Å². The van der Waals surface area contributed by atoms with E-state index in [0.717, 1.165) is 54.6 Å². The average molecular weight is 626 g/mol. The highest BCUT2D eigenvalue weighted by Gasteiger charge is 2.44. The molecule has 2 amide bonds. The van der Waals surface area contributed by atoms with Gasteiger partial charge in [0.1, 0.15) is 5.01 Å². The van der Waals surface area contributed by atoms with Crippen molar-refractivity contribution >= 4 is 35.1 Å². The Morgan fingerprint density at radius 1 is 0.889 bits per heavy atom. The minimum Gasteiger partial charge on any atom is -0.448 e. The van der Waals surface area contributed by atoms with Crippen LogP contribution in [0.4, 0.5) is 0 Å². The summed E-state index contributed by atoms with van der Waals surface area (Å²) in [6.07, 6.45) is -1.25. The van der Waals surface area contributed by atoms with Crippen LogP contribution in [0.15, 0.2) is 90.3 Å². The van der Waals surface area contributed by atoms with Gasteiger partial charge in [-0.15, -0.1) is 11.3 Å². The van der Waals surface area contributed by atoms with E-state index in [-0.39, 0.29) is 12.6 Å². The molecule has 45 heavy (non-hydrogen) atoms. The van der Waals surface area contributed by atoms with Gasteiger partial charge in [0, 0.05) is 32.2 Å². The van der Waals surface area contributed by atoms with E-state index in [0.29, 0.717) is 18.0 Å². The van der Waals surface area contributed by atoms with E-state index >= 15 is 0 Å². The first-order valence-corrected chi connectivity index (χ1v) is 15.7. The fraction of sp³-hybridized carbons (Fsp3) is 0.286. The quantitative estimate of drug-likeness (QED) is 0.227. The molecule has 232 valence electrons. The minimum atomic E-state index is -1.67. The van der Waals surface area contributed by atoms with Crippen molar-refractivity contribution in [2.24, 2.45) is 0 Å². The lowest BCUT2D eigenvalue weighted by atomic mass is 9.97. The number of likely N-dealkylation sites (tertiary alicyclic amines) is 1. The smallest absolute Gasteiger partial charge is 0.303 e. The van der Waals surface area contributed by atoms with Crippen LogP contribution in [0.1, 0.15) is 54.6 Å². The highest BCUT2D eigenvalue weighted by atomic mass is 32.1. The highest BCUT2D eigenvalue weighted by molar-refractivity contribution is 7.09. The molecule has 1 N–H and O–H groups in total. The Kier molecular flexibility index (Phi) is 10.4. The van der Waals surface area contributed by atoms with Gasteiger partial charge < -0.3 is 19.7 Å². The molecular formula is C35H35N3O6S. The second kappa shape index (κ2) is 14.8. The summed E-state index contributed by atoms with van der Waals surface area (Å²) in [6, 6.07) is 27.6. The van der Waals surface area contributed by atoms with Gasteiger partial charge in [-0.1, -0.05) is 84.9 Å². The summed E-state index contributed by atoms with van der Waals surface area (Å²) in [6.45, 7) is 2.74. The third-order valence-corrected chi connectivity index (χ3v) is 8.47. The predicted molar refractivity (Wildman–Crippen MR) is 170 cm³/mol. The summed E-state index contributed by atoms with van der Waals surface area (Å²) >= 11 is 1.39. The molecule has 2 heterocycles. The first kappa shape index (κ1) is 31.6. The van der Waals surface area contributed by atoms with Crippen LogP contribution in [0.3, 0.4) is 0 Å². The van der Waals surface area contributed by atoms with Crippen LogP contribution in [0, 0.1) is 0 Å². The van der Waals surface area contributed by atoms with Gasteiger partial charge in [0.05, 0.1) is 18.3 Å². The monoisotopic (exact) mass is 625 g/mol. The predicted octanol–water partition coefficient (Wildman–Crippen LogP) is 5.24. The molecule has 0 spiro atoms. The number of aromatic nitrogens is 1. The number of thiazole rings is 1. The van der Waals surface area contributed by atoms with Crippen molar-refractivity contribution in [2.75, 3.05) is 6.54 Å². The van der Waals surface area contributed by atoms with Crippen molar-refractivity contribution in [2.45, 2.75) is 57.9 Å². The number of esters is 2. The maximum absolute atomic E-state index is 13.8. The second-order valence-electron chi connectivity index (χ2n) is 10.8. The van der Waals surface area contributed by atoms with Gasteiger partial charge in [-0.2, -0.15) is 0 Å². The Hall–Kier alpha value is -4.83. The number of carbonyl (C=O) groups is 4. The van der Waals surface area contributed by atoms with Gasteiger partial charge in [-0.3, -0.25) is 19.2 Å². The van der Waals surface area contributed by atoms with Crippen LogP contribution >= 0.6 is 11.3 Å². The molecule has 0 bridgehead atoms. The van der Waals surface area contributed by atoms with Crippen LogP contribution in [-0.2, 0) is 41.6 Å². The fourth-order valence-electron chi connectivity index (χ4n) is 5.61. The van der Waals surface area contributed by atoms with E-state index in [4.69, 9.17) is 14.5 Å². The Balaban J connectivity index is 1.29. The molecule has 10 heteroatoms. The van der Waals surface area contributed by atoms with Crippen molar-refractivity contribution in [1.29, 1.82) is 0 Å². The van der Waals surface area contributed by atoms with Gasteiger partial charge in [0.2, 0.25) is 12.2 Å². The van der Waals surface area contributed by atoms with Gasteiger partial charge in [-0.25, -0.2) is 4.98 Å². The van der Waals surface area contributed by atoms with Crippen molar-refractivity contribution in [3.63, 3.8) is 0 Å².